The van der Waals surface area contributed by atoms with Crippen LogP contribution in [-0.2, 0) is 21.7 Å². The van der Waals surface area contributed by atoms with Crippen molar-refractivity contribution in [2.75, 3.05) is 0 Å². The van der Waals surface area contributed by atoms with Crippen molar-refractivity contribution in [1.82, 2.24) is 0 Å². The first-order chi connectivity index (χ1) is 27.8. The van der Waals surface area contributed by atoms with E-state index < -0.39 is 0 Å². The van der Waals surface area contributed by atoms with Gasteiger partial charge in [0.2, 0.25) is 0 Å². The number of rotatable bonds is 2. The highest BCUT2D eigenvalue weighted by Crippen LogP contribution is 2.58. The number of hydrogen-bond donors (Lipinski definition) is 0. The van der Waals surface area contributed by atoms with Crippen LogP contribution in [-0.4, -0.2) is 0 Å². The summed E-state index contributed by atoms with van der Waals surface area (Å²) < 4.78 is 0. The molecule has 0 radical (unpaired) electrons. The van der Waals surface area contributed by atoms with Gasteiger partial charge in [0.1, 0.15) is 0 Å². The van der Waals surface area contributed by atoms with Crippen LogP contribution in [0.15, 0.2) is 146 Å². The maximum Gasteiger partial charge on any atom is 0.0159 e. The van der Waals surface area contributed by atoms with E-state index in [0.717, 1.165) is 0 Å². The molecule has 0 saturated carbocycles. The summed E-state index contributed by atoms with van der Waals surface area (Å²) in [6, 6.07) is 56.5. The second-order valence-electron chi connectivity index (χ2n) is 19.7. The quantitative estimate of drug-likeness (QED) is 0.165. The number of fused-ring (bicyclic) bond motifs is 10. The molecule has 0 saturated heterocycles. The maximum absolute atomic E-state index is 2.49. The molecule has 12 rings (SSSR count). The molecule has 280 valence electrons. The highest BCUT2D eigenvalue weighted by Gasteiger charge is 2.41. The largest absolute Gasteiger partial charge is 0.0619 e. The molecule has 0 heteroatoms. The fourth-order valence-corrected chi connectivity index (χ4v) is 12.0. The zero-order valence-corrected chi connectivity index (χ0v) is 34.9. The molecule has 0 aliphatic heterocycles. The van der Waals surface area contributed by atoms with Crippen molar-refractivity contribution in [2.45, 2.75) is 77.0 Å². The summed E-state index contributed by atoms with van der Waals surface area (Å²) in [5.74, 6) is 0. The molecule has 58 heavy (non-hydrogen) atoms. The van der Waals surface area contributed by atoms with E-state index in [0.29, 0.717) is 0 Å². The Hall–Kier alpha value is -5.98. The highest BCUT2D eigenvalue weighted by molar-refractivity contribution is 6.13. The molecular formula is C58H48. The molecule has 0 nitrogen and oxygen atoms in total. The summed E-state index contributed by atoms with van der Waals surface area (Å²) in [7, 11) is 0. The van der Waals surface area contributed by atoms with Gasteiger partial charge in [-0.2, -0.15) is 0 Å². The van der Waals surface area contributed by atoms with Gasteiger partial charge in [0.15, 0.2) is 0 Å². The summed E-state index contributed by atoms with van der Waals surface area (Å²) in [5, 5.41) is 2.86. The molecule has 0 bridgehead atoms. The molecule has 8 aromatic carbocycles. The molecule has 0 fully saturated rings. The van der Waals surface area contributed by atoms with Crippen LogP contribution < -0.4 is 0 Å². The lowest BCUT2D eigenvalue weighted by Crippen LogP contribution is -2.28. The van der Waals surface area contributed by atoms with Crippen molar-refractivity contribution in [2.24, 2.45) is 0 Å². The van der Waals surface area contributed by atoms with E-state index in [2.05, 4.69) is 201 Å². The van der Waals surface area contributed by atoms with Gasteiger partial charge in [-0.05, 0) is 146 Å². The van der Waals surface area contributed by atoms with Crippen molar-refractivity contribution in [3.8, 4) is 66.8 Å². The van der Waals surface area contributed by atoms with Crippen LogP contribution in [0.4, 0.5) is 0 Å². The topological polar surface area (TPSA) is 0 Å². The Bertz CT molecular complexity index is 2940. The maximum atomic E-state index is 2.49. The molecule has 4 aliphatic rings. The lowest BCUT2D eigenvalue weighted by molar-refractivity contribution is 0.633. The van der Waals surface area contributed by atoms with E-state index in [4.69, 9.17) is 0 Å². The summed E-state index contributed by atoms with van der Waals surface area (Å²) >= 11 is 0. The smallest absolute Gasteiger partial charge is 0.0159 e. The average Bonchev–Trinajstić information content (AvgIpc) is 3.60. The first kappa shape index (κ1) is 34.1. The van der Waals surface area contributed by atoms with Crippen LogP contribution in [0.25, 0.3) is 77.5 Å². The van der Waals surface area contributed by atoms with Crippen LogP contribution in [0.1, 0.15) is 99.9 Å². The Morgan fingerprint density at radius 1 is 0.224 bits per heavy atom. The third-order valence-electron chi connectivity index (χ3n) is 15.3. The lowest BCUT2D eigenvalue weighted by Gasteiger charge is -2.41. The summed E-state index contributed by atoms with van der Waals surface area (Å²) in [6.07, 6.45) is 0. The molecule has 0 aromatic heterocycles. The van der Waals surface area contributed by atoms with E-state index in [1.807, 2.05) is 0 Å². The van der Waals surface area contributed by atoms with Crippen LogP contribution in [0.5, 0.6) is 0 Å². The van der Waals surface area contributed by atoms with Crippen LogP contribution in [0, 0.1) is 0 Å². The Morgan fingerprint density at radius 3 is 0.828 bits per heavy atom. The minimum Gasteiger partial charge on any atom is -0.0619 e. The van der Waals surface area contributed by atoms with E-state index in [1.54, 1.807) is 0 Å². The van der Waals surface area contributed by atoms with E-state index in [9.17, 15) is 0 Å². The van der Waals surface area contributed by atoms with E-state index >= 15 is 0 Å². The summed E-state index contributed by atoms with van der Waals surface area (Å²) in [5.41, 5.74) is 27.1. The summed E-state index contributed by atoms with van der Waals surface area (Å²) in [4.78, 5) is 0. The Balaban J connectivity index is 0.976. The van der Waals surface area contributed by atoms with E-state index in [-0.39, 0.29) is 21.7 Å². The second-order valence-corrected chi connectivity index (χ2v) is 19.7. The van der Waals surface area contributed by atoms with Gasteiger partial charge in [-0.15, -0.1) is 0 Å². The summed E-state index contributed by atoms with van der Waals surface area (Å²) in [6.45, 7) is 19.3. The molecule has 0 spiro atoms. The number of hydrogen-bond acceptors (Lipinski definition) is 0. The second kappa shape index (κ2) is 10.9. The van der Waals surface area contributed by atoms with Crippen molar-refractivity contribution in [3.63, 3.8) is 0 Å². The van der Waals surface area contributed by atoms with Crippen molar-refractivity contribution in [3.05, 3.63) is 190 Å². The molecule has 4 aliphatic carbocycles. The number of benzene rings is 8. The first-order valence-corrected chi connectivity index (χ1v) is 21.2. The van der Waals surface area contributed by atoms with Crippen molar-refractivity contribution >= 4 is 10.8 Å². The predicted octanol–water partition coefficient (Wildman–Crippen LogP) is 15.4. The standard InChI is InChI=1S/C58H48/c1-55(2)45-15-11-9-13-37(45)39-21-17-33(29-49(39)55)35-19-23-41-43-25-26-44-42-24-20-36(34-18-22-40-38-14-10-12-16-46(38)56(3,4)50(40)30-34)32-52(42)58(7,8)48-28-27-47(53(43)54(44)48)57(5,6)51(41)31-35/h9-32H,1-8H3. The van der Waals surface area contributed by atoms with Gasteiger partial charge < -0.3 is 0 Å². The fraction of sp³-hybridized carbons (Fsp3) is 0.207. The van der Waals surface area contributed by atoms with Gasteiger partial charge >= 0.3 is 0 Å². The van der Waals surface area contributed by atoms with Gasteiger partial charge in [0.25, 0.3) is 0 Å². The fourth-order valence-electron chi connectivity index (χ4n) is 12.0. The van der Waals surface area contributed by atoms with Crippen LogP contribution in [0.3, 0.4) is 0 Å². The average molecular weight is 745 g/mol. The molecule has 0 amide bonds. The minimum absolute atomic E-state index is 0.0234. The Kier molecular flexibility index (Phi) is 6.43. The monoisotopic (exact) mass is 744 g/mol. The predicted molar refractivity (Wildman–Crippen MR) is 245 cm³/mol. The zero-order chi connectivity index (χ0) is 39.7. The van der Waals surface area contributed by atoms with Crippen molar-refractivity contribution < 1.29 is 0 Å². The van der Waals surface area contributed by atoms with Gasteiger partial charge in [0, 0.05) is 21.7 Å². The third-order valence-corrected chi connectivity index (χ3v) is 15.3. The van der Waals surface area contributed by atoms with Gasteiger partial charge in [-0.1, -0.05) is 177 Å². The van der Waals surface area contributed by atoms with Crippen LogP contribution in [0.2, 0.25) is 0 Å². The molecule has 0 atom stereocenters. The Morgan fingerprint density at radius 2 is 0.483 bits per heavy atom. The SMILES string of the molecule is CC1(C)c2ccccc2-c2ccc(-c3ccc4c(c3)C(C)(C)c3ccc5c6c(ccc-4c36)-c3ccc(-c4ccc6c(c4)C(C)(C)c4ccccc4-6)cc3C5(C)C)cc21. The van der Waals surface area contributed by atoms with Gasteiger partial charge in [0.05, 0.1) is 0 Å². The molecule has 0 N–H and O–H groups in total. The highest BCUT2D eigenvalue weighted by atomic mass is 14.4. The van der Waals surface area contributed by atoms with Gasteiger partial charge in [-0.25, -0.2) is 0 Å². The third kappa shape index (κ3) is 4.16. The first-order valence-electron chi connectivity index (χ1n) is 21.2. The minimum atomic E-state index is -0.170. The molecule has 0 heterocycles. The zero-order valence-electron chi connectivity index (χ0n) is 34.9. The Labute approximate surface area is 343 Å². The van der Waals surface area contributed by atoms with Crippen molar-refractivity contribution in [1.29, 1.82) is 0 Å². The normalized spacial score (nSPS) is 17.2. The molecule has 0 unspecified atom stereocenters. The lowest BCUT2D eigenvalue weighted by atomic mass is 9.62. The van der Waals surface area contributed by atoms with Crippen LogP contribution >= 0.6 is 0 Å². The van der Waals surface area contributed by atoms with E-state index in [1.165, 1.54) is 122 Å². The molecular weight excluding hydrogens is 697 g/mol. The molecule has 8 aromatic rings. The van der Waals surface area contributed by atoms with Gasteiger partial charge in [-0.3, -0.25) is 0 Å².